The molecule has 0 saturated heterocycles. The van der Waals surface area contributed by atoms with Crippen molar-refractivity contribution in [2.75, 3.05) is 5.43 Å². The predicted octanol–water partition coefficient (Wildman–Crippen LogP) is 3.02. The Morgan fingerprint density at radius 3 is 2.75 bits per heavy atom. The van der Waals surface area contributed by atoms with Gasteiger partial charge in [-0.2, -0.15) is 0 Å². The standard InChI is InChI=1S/C14H14ClFN4/c15-11-6-10(16)4-3-9(11)5-13-18-12(8-1-2-8)7-14(19-13)20-17/h3-4,6-8H,1-2,5,17H2,(H,18,19,20). The minimum Gasteiger partial charge on any atom is -0.308 e. The van der Waals surface area contributed by atoms with E-state index < -0.39 is 0 Å². The van der Waals surface area contributed by atoms with Crippen LogP contribution in [0.5, 0.6) is 0 Å². The van der Waals surface area contributed by atoms with Crippen molar-refractivity contribution in [1.82, 2.24) is 9.97 Å². The second-order valence-corrected chi connectivity index (χ2v) is 5.33. The van der Waals surface area contributed by atoms with Crippen LogP contribution in [-0.2, 0) is 6.42 Å². The molecule has 1 aromatic heterocycles. The summed E-state index contributed by atoms with van der Waals surface area (Å²) in [6, 6.07) is 6.20. The molecule has 1 aliphatic carbocycles. The summed E-state index contributed by atoms with van der Waals surface area (Å²) >= 11 is 6.03. The molecule has 0 bridgehead atoms. The van der Waals surface area contributed by atoms with Gasteiger partial charge in [-0.1, -0.05) is 17.7 Å². The third-order valence-electron chi connectivity index (χ3n) is 3.30. The molecule has 0 aliphatic heterocycles. The van der Waals surface area contributed by atoms with Gasteiger partial charge in [0, 0.05) is 29.1 Å². The Bertz CT molecular complexity index is 643. The van der Waals surface area contributed by atoms with E-state index in [4.69, 9.17) is 17.4 Å². The van der Waals surface area contributed by atoms with Crippen molar-refractivity contribution in [3.05, 3.63) is 52.2 Å². The number of hydrogen-bond acceptors (Lipinski definition) is 4. The van der Waals surface area contributed by atoms with Crippen LogP contribution in [0.3, 0.4) is 0 Å². The normalized spacial score (nSPS) is 14.3. The summed E-state index contributed by atoms with van der Waals surface area (Å²) in [6.45, 7) is 0. The second-order valence-electron chi connectivity index (χ2n) is 4.93. The van der Waals surface area contributed by atoms with Crippen molar-refractivity contribution in [1.29, 1.82) is 0 Å². The van der Waals surface area contributed by atoms with Crippen molar-refractivity contribution in [2.45, 2.75) is 25.2 Å². The molecular formula is C14H14ClFN4. The summed E-state index contributed by atoms with van der Waals surface area (Å²) in [5.74, 6) is 6.82. The highest BCUT2D eigenvalue weighted by molar-refractivity contribution is 6.31. The summed E-state index contributed by atoms with van der Waals surface area (Å²) in [6.07, 6.45) is 2.75. The number of hydrazine groups is 1. The molecule has 20 heavy (non-hydrogen) atoms. The molecule has 104 valence electrons. The van der Waals surface area contributed by atoms with Crippen LogP contribution in [0.1, 0.15) is 35.8 Å². The molecule has 3 N–H and O–H groups in total. The zero-order valence-corrected chi connectivity index (χ0v) is 11.5. The van der Waals surface area contributed by atoms with Crippen molar-refractivity contribution in [3.8, 4) is 0 Å². The number of nitrogens with one attached hydrogen (secondary N) is 1. The molecular weight excluding hydrogens is 279 g/mol. The number of benzene rings is 1. The van der Waals surface area contributed by atoms with E-state index in [1.54, 1.807) is 6.07 Å². The number of anilines is 1. The van der Waals surface area contributed by atoms with Crippen LogP contribution in [0.2, 0.25) is 5.02 Å². The maximum absolute atomic E-state index is 13.0. The fraction of sp³-hybridized carbons (Fsp3) is 0.286. The molecule has 0 radical (unpaired) electrons. The molecule has 3 rings (SSSR count). The van der Waals surface area contributed by atoms with Crippen molar-refractivity contribution in [2.24, 2.45) is 5.84 Å². The van der Waals surface area contributed by atoms with Gasteiger partial charge in [-0.15, -0.1) is 0 Å². The van der Waals surface area contributed by atoms with E-state index in [1.807, 2.05) is 6.07 Å². The minimum atomic E-state index is -0.351. The number of nitrogens with zero attached hydrogens (tertiary/aromatic N) is 2. The van der Waals surface area contributed by atoms with Crippen LogP contribution in [0, 0.1) is 5.82 Å². The van der Waals surface area contributed by atoms with Crippen molar-refractivity contribution >= 4 is 17.4 Å². The molecule has 2 aromatic rings. The van der Waals surface area contributed by atoms with Crippen molar-refractivity contribution < 1.29 is 4.39 Å². The lowest BCUT2D eigenvalue weighted by Gasteiger charge is -2.08. The zero-order valence-electron chi connectivity index (χ0n) is 10.7. The summed E-state index contributed by atoms with van der Waals surface area (Å²) in [5, 5.41) is 0.382. The van der Waals surface area contributed by atoms with Gasteiger partial charge in [-0.3, -0.25) is 0 Å². The molecule has 4 nitrogen and oxygen atoms in total. The van der Waals surface area contributed by atoms with Gasteiger partial charge >= 0.3 is 0 Å². The van der Waals surface area contributed by atoms with E-state index in [-0.39, 0.29) is 5.82 Å². The van der Waals surface area contributed by atoms with E-state index in [0.717, 1.165) is 24.1 Å². The van der Waals surface area contributed by atoms with Crippen LogP contribution in [0.4, 0.5) is 10.2 Å². The molecule has 1 aromatic carbocycles. The molecule has 0 amide bonds. The van der Waals surface area contributed by atoms with Gasteiger partial charge in [0.1, 0.15) is 17.5 Å². The second kappa shape index (κ2) is 5.34. The number of nitrogens with two attached hydrogens (primary N) is 1. The first kappa shape index (κ1) is 13.3. The molecule has 0 unspecified atom stereocenters. The fourth-order valence-electron chi connectivity index (χ4n) is 2.09. The van der Waals surface area contributed by atoms with E-state index in [9.17, 15) is 4.39 Å². The van der Waals surface area contributed by atoms with Crippen LogP contribution < -0.4 is 11.3 Å². The number of nitrogen functional groups attached to an aromatic ring is 1. The van der Waals surface area contributed by atoms with Crippen LogP contribution in [-0.4, -0.2) is 9.97 Å². The molecule has 0 spiro atoms. The van der Waals surface area contributed by atoms with Gasteiger partial charge in [0.05, 0.1) is 0 Å². The summed E-state index contributed by atoms with van der Waals surface area (Å²) in [4.78, 5) is 8.86. The van der Waals surface area contributed by atoms with Gasteiger partial charge in [-0.25, -0.2) is 20.2 Å². The minimum absolute atomic E-state index is 0.351. The Labute approximate surface area is 121 Å². The third kappa shape index (κ3) is 2.89. The largest absolute Gasteiger partial charge is 0.308 e. The molecule has 1 heterocycles. The Hall–Kier alpha value is -1.72. The summed E-state index contributed by atoms with van der Waals surface area (Å²) in [7, 11) is 0. The zero-order chi connectivity index (χ0) is 14.1. The van der Waals surface area contributed by atoms with Crippen LogP contribution in [0.15, 0.2) is 24.3 Å². The van der Waals surface area contributed by atoms with Gasteiger partial charge in [0.15, 0.2) is 0 Å². The highest BCUT2D eigenvalue weighted by Crippen LogP contribution is 2.39. The molecule has 0 atom stereocenters. The first-order chi connectivity index (χ1) is 9.65. The number of aromatic nitrogens is 2. The number of rotatable bonds is 4. The van der Waals surface area contributed by atoms with E-state index >= 15 is 0 Å². The lowest BCUT2D eigenvalue weighted by molar-refractivity contribution is 0.627. The predicted molar refractivity (Wildman–Crippen MR) is 76.0 cm³/mol. The van der Waals surface area contributed by atoms with Crippen LogP contribution >= 0.6 is 11.6 Å². The number of hydrogen-bond donors (Lipinski definition) is 2. The first-order valence-corrected chi connectivity index (χ1v) is 6.82. The molecule has 6 heteroatoms. The maximum Gasteiger partial charge on any atom is 0.143 e. The molecule has 1 aliphatic rings. The Kier molecular flexibility index (Phi) is 3.54. The van der Waals surface area contributed by atoms with Crippen LogP contribution in [0.25, 0.3) is 0 Å². The van der Waals surface area contributed by atoms with Gasteiger partial charge < -0.3 is 5.43 Å². The molecule has 1 saturated carbocycles. The van der Waals surface area contributed by atoms with Gasteiger partial charge in [-0.05, 0) is 30.5 Å². The van der Waals surface area contributed by atoms with Gasteiger partial charge in [0.25, 0.3) is 0 Å². The highest BCUT2D eigenvalue weighted by Gasteiger charge is 2.26. The smallest absolute Gasteiger partial charge is 0.143 e. The van der Waals surface area contributed by atoms with Crippen molar-refractivity contribution in [3.63, 3.8) is 0 Å². The average molecular weight is 293 g/mol. The Balaban J connectivity index is 1.91. The monoisotopic (exact) mass is 292 g/mol. The molecule has 1 fully saturated rings. The van der Waals surface area contributed by atoms with Gasteiger partial charge in [0.2, 0.25) is 0 Å². The average Bonchev–Trinajstić information content (AvgIpc) is 3.26. The number of halogens is 2. The first-order valence-electron chi connectivity index (χ1n) is 6.44. The van der Waals surface area contributed by atoms with E-state index in [1.165, 1.54) is 12.1 Å². The fourth-order valence-corrected chi connectivity index (χ4v) is 2.33. The quantitative estimate of drug-likeness (QED) is 0.671. The topological polar surface area (TPSA) is 63.8 Å². The SMILES string of the molecule is NNc1cc(C2CC2)nc(Cc2ccc(F)cc2Cl)n1. The third-order valence-corrected chi connectivity index (χ3v) is 3.65. The Morgan fingerprint density at radius 1 is 1.30 bits per heavy atom. The lowest BCUT2D eigenvalue weighted by Crippen LogP contribution is -2.12. The Morgan fingerprint density at radius 2 is 2.10 bits per heavy atom. The lowest BCUT2D eigenvalue weighted by atomic mass is 10.1. The summed E-state index contributed by atoms with van der Waals surface area (Å²) < 4.78 is 13.0. The maximum atomic E-state index is 13.0. The van der Waals surface area contributed by atoms with E-state index in [0.29, 0.717) is 29.0 Å². The summed E-state index contributed by atoms with van der Waals surface area (Å²) in [5.41, 5.74) is 4.35. The highest BCUT2D eigenvalue weighted by atomic mass is 35.5. The van der Waals surface area contributed by atoms with E-state index in [2.05, 4.69) is 15.4 Å².